The third-order valence-corrected chi connectivity index (χ3v) is 4.20. The number of benzene rings is 3. The van der Waals surface area contributed by atoms with E-state index in [-0.39, 0.29) is 12.5 Å². The molecule has 0 heterocycles. The Morgan fingerprint density at radius 3 is 2.59 bits per heavy atom. The molecule has 0 aliphatic carbocycles. The van der Waals surface area contributed by atoms with Gasteiger partial charge in [-0.1, -0.05) is 54.1 Å². The van der Waals surface area contributed by atoms with E-state index in [4.69, 9.17) is 10.00 Å². The van der Waals surface area contributed by atoms with Gasteiger partial charge in [-0.05, 0) is 36.8 Å². The highest BCUT2D eigenvalue weighted by atomic mass is 16.5. The van der Waals surface area contributed by atoms with E-state index in [2.05, 4.69) is 11.4 Å². The van der Waals surface area contributed by atoms with Gasteiger partial charge < -0.3 is 10.1 Å². The van der Waals surface area contributed by atoms with Gasteiger partial charge in [0.05, 0.1) is 11.6 Å². The van der Waals surface area contributed by atoms with Gasteiger partial charge in [0, 0.05) is 17.7 Å². The highest BCUT2D eigenvalue weighted by molar-refractivity contribution is 5.94. The first-order valence-electron chi connectivity index (χ1n) is 8.70. The lowest BCUT2D eigenvalue weighted by Gasteiger charge is -2.10. The number of carbonyl (C=O) groups is 1. The van der Waals surface area contributed by atoms with Crippen LogP contribution in [0.1, 0.15) is 32.6 Å². The van der Waals surface area contributed by atoms with Gasteiger partial charge in [-0.2, -0.15) is 5.26 Å². The number of carbonyl (C=O) groups excluding carboxylic acids is 1. The number of nitrogens with one attached hydrogen (secondary N) is 1. The van der Waals surface area contributed by atoms with Crippen LogP contribution in [0.2, 0.25) is 0 Å². The van der Waals surface area contributed by atoms with Crippen molar-refractivity contribution in [2.75, 3.05) is 0 Å². The molecule has 0 aromatic heterocycles. The Morgan fingerprint density at radius 1 is 1.04 bits per heavy atom. The molecule has 0 aliphatic heterocycles. The normalized spacial score (nSPS) is 10.1. The summed E-state index contributed by atoms with van der Waals surface area (Å²) in [4.78, 5) is 12.4. The maximum absolute atomic E-state index is 12.4. The molecule has 0 saturated heterocycles. The summed E-state index contributed by atoms with van der Waals surface area (Å²) in [5.41, 5.74) is 4.18. The molecular formula is C23H20N2O2. The number of nitrogens with zero attached hydrogens (tertiary/aromatic N) is 1. The van der Waals surface area contributed by atoms with E-state index in [1.165, 1.54) is 5.56 Å². The molecule has 3 rings (SSSR count). The summed E-state index contributed by atoms with van der Waals surface area (Å²) in [5.74, 6) is 0.434. The maximum atomic E-state index is 12.4. The van der Waals surface area contributed by atoms with Crippen LogP contribution in [0.5, 0.6) is 5.75 Å². The number of hydrogen-bond donors (Lipinski definition) is 1. The van der Waals surface area contributed by atoms with Gasteiger partial charge >= 0.3 is 0 Å². The zero-order valence-corrected chi connectivity index (χ0v) is 15.1. The quantitative estimate of drug-likeness (QED) is 0.713. The summed E-state index contributed by atoms with van der Waals surface area (Å²) in [5, 5.41) is 12.1. The van der Waals surface area contributed by atoms with E-state index < -0.39 is 0 Å². The van der Waals surface area contributed by atoms with E-state index in [0.29, 0.717) is 23.4 Å². The van der Waals surface area contributed by atoms with Crippen molar-refractivity contribution >= 4 is 5.91 Å². The summed E-state index contributed by atoms with van der Waals surface area (Å²) in [6.45, 7) is 2.78. The van der Waals surface area contributed by atoms with Crippen molar-refractivity contribution in [3.63, 3.8) is 0 Å². The zero-order chi connectivity index (χ0) is 19.1. The molecule has 0 spiro atoms. The Kier molecular flexibility index (Phi) is 5.86. The fourth-order valence-electron chi connectivity index (χ4n) is 2.63. The van der Waals surface area contributed by atoms with E-state index in [9.17, 15) is 4.79 Å². The second kappa shape index (κ2) is 8.68. The maximum Gasteiger partial charge on any atom is 0.251 e. The van der Waals surface area contributed by atoms with Crippen LogP contribution in [-0.4, -0.2) is 5.91 Å². The van der Waals surface area contributed by atoms with Crippen LogP contribution in [0.4, 0.5) is 0 Å². The van der Waals surface area contributed by atoms with E-state index in [1.807, 2.05) is 49.4 Å². The van der Waals surface area contributed by atoms with Gasteiger partial charge in [0.25, 0.3) is 5.91 Å². The molecule has 1 amide bonds. The fourth-order valence-corrected chi connectivity index (χ4v) is 2.63. The summed E-state index contributed by atoms with van der Waals surface area (Å²) in [7, 11) is 0. The largest absolute Gasteiger partial charge is 0.489 e. The average Bonchev–Trinajstić information content (AvgIpc) is 2.72. The van der Waals surface area contributed by atoms with Crippen molar-refractivity contribution < 1.29 is 9.53 Å². The number of nitriles is 1. The summed E-state index contributed by atoms with van der Waals surface area (Å²) in [6.07, 6.45) is 0. The summed E-state index contributed by atoms with van der Waals surface area (Å²) < 4.78 is 5.77. The summed E-state index contributed by atoms with van der Waals surface area (Å²) in [6, 6.07) is 24.5. The highest BCUT2D eigenvalue weighted by Crippen LogP contribution is 2.17. The number of rotatable bonds is 6. The predicted octanol–water partition coefficient (Wildman–Crippen LogP) is 4.38. The third-order valence-electron chi connectivity index (χ3n) is 4.20. The molecule has 4 nitrogen and oxygen atoms in total. The molecule has 3 aromatic rings. The molecule has 0 bridgehead atoms. The Balaban J connectivity index is 1.61. The molecule has 0 unspecified atom stereocenters. The minimum absolute atomic E-state index is 0.154. The lowest BCUT2D eigenvalue weighted by atomic mass is 10.1. The van der Waals surface area contributed by atoms with Crippen molar-refractivity contribution in [3.05, 3.63) is 101 Å². The Labute approximate surface area is 159 Å². The zero-order valence-electron chi connectivity index (χ0n) is 15.1. The van der Waals surface area contributed by atoms with Crippen LogP contribution in [0.15, 0.2) is 72.8 Å². The molecule has 0 aliphatic rings. The monoisotopic (exact) mass is 356 g/mol. The van der Waals surface area contributed by atoms with Gasteiger partial charge in [-0.15, -0.1) is 0 Å². The predicted molar refractivity (Wildman–Crippen MR) is 104 cm³/mol. The third kappa shape index (κ3) is 4.96. The van der Waals surface area contributed by atoms with Crippen LogP contribution in [0.25, 0.3) is 0 Å². The van der Waals surface area contributed by atoms with Gasteiger partial charge in [0.1, 0.15) is 12.4 Å². The number of aryl methyl sites for hydroxylation is 1. The number of amides is 1. The smallest absolute Gasteiger partial charge is 0.251 e. The first-order chi connectivity index (χ1) is 13.2. The molecule has 134 valence electrons. The Bertz CT molecular complexity index is 972. The Morgan fingerprint density at radius 2 is 1.81 bits per heavy atom. The van der Waals surface area contributed by atoms with Gasteiger partial charge in [-0.3, -0.25) is 4.79 Å². The topological polar surface area (TPSA) is 62.1 Å². The van der Waals surface area contributed by atoms with E-state index in [1.54, 1.807) is 30.3 Å². The van der Waals surface area contributed by atoms with Gasteiger partial charge in [0.2, 0.25) is 0 Å². The van der Waals surface area contributed by atoms with Crippen molar-refractivity contribution in [1.29, 1.82) is 5.26 Å². The molecule has 0 fully saturated rings. The van der Waals surface area contributed by atoms with Crippen LogP contribution in [0, 0.1) is 18.3 Å². The SMILES string of the molecule is Cc1ccc(CNC(=O)c2cccc(OCc3ccccc3C#N)c2)cc1. The number of hydrogen-bond acceptors (Lipinski definition) is 3. The van der Waals surface area contributed by atoms with E-state index >= 15 is 0 Å². The molecule has 27 heavy (non-hydrogen) atoms. The first kappa shape index (κ1) is 18.2. The molecule has 4 heteroatoms. The highest BCUT2D eigenvalue weighted by Gasteiger charge is 2.08. The second-order valence-electron chi connectivity index (χ2n) is 6.25. The van der Waals surface area contributed by atoms with Crippen molar-refractivity contribution in [2.24, 2.45) is 0 Å². The minimum atomic E-state index is -0.154. The standard InChI is InChI=1S/C23H20N2O2/c1-17-9-11-18(12-10-17)15-25-23(26)19-7-4-8-22(13-19)27-16-21-6-3-2-5-20(21)14-24/h2-13H,15-16H2,1H3,(H,25,26). The molecule has 0 atom stereocenters. The van der Waals surface area contributed by atoms with Crippen LogP contribution in [-0.2, 0) is 13.2 Å². The number of ether oxygens (including phenoxy) is 1. The van der Waals surface area contributed by atoms with Gasteiger partial charge in [-0.25, -0.2) is 0 Å². The molecule has 0 radical (unpaired) electrons. The molecule has 3 aromatic carbocycles. The van der Waals surface area contributed by atoms with Gasteiger partial charge in [0.15, 0.2) is 0 Å². The lowest BCUT2D eigenvalue weighted by Crippen LogP contribution is -2.22. The average molecular weight is 356 g/mol. The van der Waals surface area contributed by atoms with Crippen LogP contribution >= 0.6 is 0 Å². The molecule has 1 N–H and O–H groups in total. The van der Waals surface area contributed by atoms with Crippen molar-refractivity contribution in [1.82, 2.24) is 5.32 Å². The molecule has 0 saturated carbocycles. The van der Waals surface area contributed by atoms with Crippen LogP contribution < -0.4 is 10.1 Å². The lowest BCUT2D eigenvalue weighted by molar-refractivity contribution is 0.0950. The van der Waals surface area contributed by atoms with Crippen molar-refractivity contribution in [2.45, 2.75) is 20.1 Å². The Hall–Kier alpha value is -3.58. The van der Waals surface area contributed by atoms with Crippen LogP contribution in [0.3, 0.4) is 0 Å². The minimum Gasteiger partial charge on any atom is -0.489 e. The summed E-state index contributed by atoms with van der Waals surface area (Å²) >= 11 is 0. The molecular weight excluding hydrogens is 336 g/mol. The fraction of sp³-hybridized carbons (Fsp3) is 0.130. The first-order valence-corrected chi connectivity index (χ1v) is 8.70. The van der Waals surface area contributed by atoms with Crippen molar-refractivity contribution in [3.8, 4) is 11.8 Å². The second-order valence-corrected chi connectivity index (χ2v) is 6.25. The van der Waals surface area contributed by atoms with E-state index in [0.717, 1.165) is 11.1 Å².